The molecule has 4 nitrogen and oxygen atoms in total. The molecule has 0 bridgehead atoms. The van der Waals surface area contributed by atoms with E-state index in [1.54, 1.807) is 0 Å². The van der Waals surface area contributed by atoms with E-state index in [9.17, 15) is 0 Å². The SMILES string of the molecule is Cn1ccnc1CN(Cc1cc2ccccc2o1)C1CC1. The van der Waals surface area contributed by atoms with E-state index in [0.29, 0.717) is 6.04 Å². The maximum absolute atomic E-state index is 5.96. The third-order valence-electron chi connectivity index (χ3n) is 4.16. The van der Waals surface area contributed by atoms with Crippen molar-refractivity contribution < 1.29 is 4.42 Å². The lowest BCUT2D eigenvalue weighted by molar-refractivity contribution is 0.220. The molecule has 1 aliphatic carbocycles. The second-order valence-corrected chi connectivity index (χ2v) is 5.84. The van der Waals surface area contributed by atoms with Gasteiger partial charge in [0.25, 0.3) is 0 Å². The van der Waals surface area contributed by atoms with Gasteiger partial charge in [0.2, 0.25) is 0 Å². The lowest BCUT2D eigenvalue weighted by atomic mass is 10.2. The molecule has 2 heterocycles. The van der Waals surface area contributed by atoms with Crippen LogP contribution in [0.3, 0.4) is 0 Å². The molecule has 1 fully saturated rings. The topological polar surface area (TPSA) is 34.2 Å². The predicted octanol–water partition coefficient (Wildman–Crippen LogP) is 3.33. The van der Waals surface area contributed by atoms with Gasteiger partial charge in [0.1, 0.15) is 17.2 Å². The lowest BCUT2D eigenvalue weighted by Crippen LogP contribution is -2.26. The van der Waals surface area contributed by atoms with Gasteiger partial charge in [-0.3, -0.25) is 4.90 Å². The quantitative estimate of drug-likeness (QED) is 0.719. The number of hydrogen-bond donors (Lipinski definition) is 0. The average Bonchev–Trinajstić information content (AvgIpc) is 3.13. The zero-order valence-electron chi connectivity index (χ0n) is 12.2. The van der Waals surface area contributed by atoms with Crippen molar-refractivity contribution in [1.29, 1.82) is 0 Å². The van der Waals surface area contributed by atoms with Gasteiger partial charge in [-0.2, -0.15) is 0 Å². The zero-order chi connectivity index (χ0) is 14.2. The first-order chi connectivity index (χ1) is 10.3. The van der Waals surface area contributed by atoms with Gasteiger partial charge in [0, 0.05) is 30.9 Å². The fourth-order valence-electron chi connectivity index (χ4n) is 2.80. The van der Waals surface area contributed by atoms with E-state index in [1.807, 2.05) is 30.6 Å². The number of aromatic nitrogens is 2. The van der Waals surface area contributed by atoms with E-state index in [1.165, 1.54) is 18.2 Å². The van der Waals surface area contributed by atoms with Crippen molar-refractivity contribution >= 4 is 11.0 Å². The molecule has 21 heavy (non-hydrogen) atoms. The summed E-state index contributed by atoms with van der Waals surface area (Å²) in [5, 5.41) is 1.18. The van der Waals surface area contributed by atoms with Crippen molar-refractivity contribution in [3.05, 3.63) is 54.3 Å². The largest absolute Gasteiger partial charge is 0.460 e. The summed E-state index contributed by atoms with van der Waals surface area (Å²) in [4.78, 5) is 6.91. The number of rotatable bonds is 5. The highest BCUT2D eigenvalue weighted by Gasteiger charge is 2.30. The normalized spacial score (nSPS) is 15.1. The highest BCUT2D eigenvalue weighted by Crippen LogP contribution is 2.30. The molecule has 0 spiro atoms. The standard InChI is InChI=1S/C17H19N3O/c1-19-9-8-18-17(19)12-20(14-6-7-14)11-15-10-13-4-2-3-5-16(13)21-15/h2-5,8-10,14H,6-7,11-12H2,1H3. The third kappa shape index (κ3) is 2.59. The smallest absolute Gasteiger partial charge is 0.134 e. The number of furan rings is 1. The number of aryl methyl sites for hydroxylation is 1. The van der Waals surface area contributed by atoms with E-state index in [2.05, 4.69) is 33.6 Å². The number of benzene rings is 1. The fraction of sp³-hybridized carbons (Fsp3) is 0.353. The number of hydrogen-bond acceptors (Lipinski definition) is 3. The first-order valence-corrected chi connectivity index (χ1v) is 7.47. The number of fused-ring (bicyclic) bond motifs is 1. The van der Waals surface area contributed by atoms with Gasteiger partial charge in [-0.25, -0.2) is 4.98 Å². The van der Waals surface area contributed by atoms with Crippen LogP contribution in [-0.2, 0) is 20.1 Å². The van der Waals surface area contributed by atoms with Crippen molar-refractivity contribution in [1.82, 2.24) is 14.5 Å². The summed E-state index contributed by atoms with van der Waals surface area (Å²) in [6, 6.07) is 11.0. The van der Waals surface area contributed by atoms with Crippen LogP contribution in [-0.4, -0.2) is 20.5 Å². The zero-order valence-corrected chi connectivity index (χ0v) is 12.2. The minimum atomic E-state index is 0.676. The second-order valence-electron chi connectivity index (χ2n) is 5.84. The van der Waals surface area contributed by atoms with Crippen LogP contribution >= 0.6 is 0 Å². The van der Waals surface area contributed by atoms with Gasteiger partial charge in [0.05, 0.1) is 13.1 Å². The van der Waals surface area contributed by atoms with Crippen LogP contribution in [0.2, 0.25) is 0 Å². The Bertz CT molecular complexity index is 721. The Hall–Kier alpha value is -2.07. The van der Waals surface area contributed by atoms with Crippen molar-refractivity contribution in [3.63, 3.8) is 0 Å². The Morgan fingerprint density at radius 3 is 2.86 bits per heavy atom. The van der Waals surface area contributed by atoms with E-state index in [4.69, 9.17) is 4.42 Å². The van der Waals surface area contributed by atoms with Gasteiger partial charge < -0.3 is 8.98 Å². The minimum absolute atomic E-state index is 0.676. The maximum Gasteiger partial charge on any atom is 0.134 e. The van der Waals surface area contributed by atoms with E-state index < -0.39 is 0 Å². The van der Waals surface area contributed by atoms with Crippen LogP contribution in [0, 0.1) is 0 Å². The van der Waals surface area contributed by atoms with Gasteiger partial charge in [-0.1, -0.05) is 18.2 Å². The van der Waals surface area contributed by atoms with Gasteiger partial charge in [-0.05, 0) is 25.0 Å². The summed E-state index contributed by atoms with van der Waals surface area (Å²) in [7, 11) is 2.05. The first kappa shape index (κ1) is 12.7. The van der Waals surface area contributed by atoms with Crippen LogP contribution in [0.25, 0.3) is 11.0 Å². The minimum Gasteiger partial charge on any atom is -0.460 e. The summed E-state index contributed by atoms with van der Waals surface area (Å²) in [6.45, 7) is 1.73. The molecular formula is C17H19N3O. The summed E-state index contributed by atoms with van der Waals surface area (Å²) < 4.78 is 8.05. The van der Waals surface area contributed by atoms with Crippen LogP contribution in [0.4, 0.5) is 0 Å². The summed E-state index contributed by atoms with van der Waals surface area (Å²) >= 11 is 0. The molecule has 2 aromatic heterocycles. The fourth-order valence-corrected chi connectivity index (χ4v) is 2.80. The number of nitrogens with zero attached hydrogens (tertiary/aromatic N) is 3. The molecule has 0 radical (unpaired) electrons. The molecule has 1 saturated carbocycles. The van der Waals surface area contributed by atoms with Crippen LogP contribution < -0.4 is 0 Å². The molecule has 4 heteroatoms. The number of para-hydroxylation sites is 1. The van der Waals surface area contributed by atoms with Crippen molar-refractivity contribution in [2.45, 2.75) is 32.0 Å². The summed E-state index contributed by atoms with van der Waals surface area (Å²) in [5.74, 6) is 2.15. The molecule has 4 rings (SSSR count). The van der Waals surface area contributed by atoms with Crippen LogP contribution in [0.1, 0.15) is 24.4 Å². The monoisotopic (exact) mass is 281 g/mol. The Labute approximate surface area is 124 Å². The van der Waals surface area contributed by atoms with Crippen molar-refractivity contribution in [2.75, 3.05) is 0 Å². The van der Waals surface area contributed by atoms with Gasteiger partial charge in [-0.15, -0.1) is 0 Å². The molecule has 1 aromatic carbocycles. The Morgan fingerprint density at radius 1 is 1.29 bits per heavy atom. The molecule has 3 aromatic rings. The Balaban J connectivity index is 1.55. The molecule has 0 N–H and O–H groups in total. The lowest BCUT2D eigenvalue weighted by Gasteiger charge is -2.20. The van der Waals surface area contributed by atoms with E-state index >= 15 is 0 Å². The highest BCUT2D eigenvalue weighted by atomic mass is 16.3. The van der Waals surface area contributed by atoms with E-state index in [-0.39, 0.29) is 0 Å². The van der Waals surface area contributed by atoms with Gasteiger partial charge >= 0.3 is 0 Å². The highest BCUT2D eigenvalue weighted by molar-refractivity contribution is 5.77. The number of imidazole rings is 1. The maximum atomic E-state index is 5.96. The third-order valence-corrected chi connectivity index (χ3v) is 4.16. The summed E-state index contributed by atoms with van der Waals surface area (Å²) in [5.41, 5.74) is 0.972. The molecule has 0 atom stereocenters. The van der Waals surface area contributed by atoms with Crippen molar-refractivity contribution in [2.24, 2.45) is 7.05 Å². The molecule has 108 valence electrons. The molecule has 1 aliphatic rings. The Kier molecular flexibility index (Phi) is 3.04. The van der Waals surface area contributed by atoms with Crippen LogP contribution in [0.5, 0.6) is 0 Å². The van der Waals surface area contributed by atoms with E-state index in [0.717, 1.165) is 30.3 Å². The molecule has 0 aliphatic heterocycles. The molecule has 0 saturated heterocycles. The summed E-state index contributed by atoms with van der Waals surface area (Å²) in [6.07, 6.45) is 6.43. The molecule has 0 amide bonds. The van der Waals surface area contributed by atoms with Crippen molar-refractivity contribution in [3.8, 4) is 0 Å². The average molecular weight is 281 g/mol. The van der Waals surface area contributed by atoms with Gasteiger partial charge in [0.15, 0.2) is 0 Å². The predicted molar refractivity (Wildman–Crippen MR) is 81.7 cm³/mol. The van der Waals surface area contributed by atoms with Crippen LogP contribution in [0.15, 0.2) is 47.1 Å². The first-order valence-electron chi connectivity index (χ1n) is 7.47. The Morgan fingerprint density at radius 2 is 2.14 bits per heavy atom. The molecular weight excluding hydrogens is 262 g/mol. The molecule has 0 unspecified atom stereocenters. The second kappa shape index (κ2) is 5.04.